The highest BCUT2D eigenvalue weighted by Crippen LogP contribution is 2.56. The molecule has 5 unspecified atom stereocenters. The van der Waals surface area contributed by atoms with E-state index in [1.54, 1.807) is 0 Å². The van der Waals surface area contributed by atoms with E-state index in [9.17, 15) is 24.2 Å². The number of para-hydroxylation sites is 1. The molecular weight excluding hydrogens is 588 g/mol. The summed E-state index contributed by atoms with van der Waals surface area (Å²) in [6.07, 6.45) is 0.210. The number of nitrogens with zero attached hydrogens (tertiary/aromatic N) is 5. The van der Waals surface area contributed by atoms with E-state index in [4.69, 9.17) is 30.6 Å². The van der Waals surface area contributed by atoms with E-state index >= 15 is 0 Å². The quantitative estimate of drug-likeness (QED) is 0.192. The number of halogens is 1. The smallest absolute Gasteiger partial charge is 0.340 e. The third-order valence-electron chi connectivity index (χ3n) is 7.83. The molecule has 216 valence electrons. The van der Waals surface area contributed by atoms with Gasteiger partial charge in [0.1, 0.15) is 18.3 Å². The number of hydrogen-bond donors (Lipinski definition) is 5. The molecule has 3 aromatic rings. The van der Waals surface area contributed by atoms with Crippen LogP contribution in [0.5, 0.6) is 0 Å². The van der Waals surface area contributed by atoms with Gasteiger partial charge in [-0.3, -0.25) is 13.7 Å². The molecule has 1 aliphatic carbocycles. The molecule has 2 aliphatic heterocycles. The van der Waals surface area contributed by atoms with Crippen LogP contribution in [0.2, 0.25) is 5.28 Å². The Labute approximate surface area is 233 Å². The zero-order valence-electron chi connectivity index (χ0n) is 21.0. The van der Waals surface area contributed by atoms with Crippen LogP contribution in [0.3, 0.4) is 0 Å². The maximum atomic E-state index is 12.0. The highest BCUT2D eigenvalue weighted by molar-refractivity contribution is 7.70. The number of hydrogen-bond acceptors (Lipinski definition) is 10. The van der Waals surface area contributed by atoms with Crippen molar-refractivity contribution in [1.82, 2.24) is 19.5 Å². The van der Waals surface area contributed by atoms with Crippen molar-refractivity contribution in [2.45, 2.75) is 55.6 Å². The molecular formula is C23H28ClN5O9P2. The van der Waals surface area contributed by atoms with Crippen molar-refractivity contribution in [3.8, 4) is 0 Å². The van der Waals surface area contributed by atoms with Crippen molar-refractivity contribution in [3.63, 3.8) is 0 Å². The van der Waals surface area contributed by atoms with E-state index < -0.39 is 52.2 Å². The minimum atomic E-state index is -4.84. The van der Waals surface area contributed by atoms with Crippen LogP contribution < -0.4 is 4.90 Å². The summed E-state index contributed by atoms with van der Waals surface area (Å²) in [5, 5.41) is 21.3. The van der Waals surface area contributed by atoms with Crippen LogP contribution in [-0.2, 0) is 23.8 Å². The summed E-state index contributed by atoms with van der Waals surface area (Å²) in [5.41, 5.74) is 2.93. The molecule has 40 heavy (non-hydrogen) atoms. The lowest BCUT2D eigenvalue weighted by Crippen LogP contribution is -2.33. The molecule has 1 saturated heterocycles. The van der Waals surface area contributed by atoms with Crippen LogP contribution >= 0.6 is 26.8 Å². The van der Waals surface area contributed by atoms with Gasteiger partial charge in [-0.15, -0.1) is 0 Å². The summed E-state index contributed by atoms with van der Waals surface area (Å²) in [7, 11) is -9.53. The maximum absolute atomic E-state index is 12.0. The molecule has 2 aromatic heterocycles. The molecule has 4 heterocycles. The lowest BCUT2D eigenvalue weighted by atomic mass is 9.81. The molecule has 3 aliphatic rings. The largest absolute Gasteiger partial charge is 0.387 e. The zero-order chi connectivity index (χ0) is 28.4. The van der Waals surface area contributed by atoms with E-state index in [2.05, 4.69) is 25.9 Å². The third-order valence-corrected chi connectivity index (χ3v) is 11.5. The molecule has 6 rings (SSSR count). The molecule has 1 saturated carbocycles. The zero-order valence-corrected chi connectivity index (χ0v) is 23.6. The van der Waals surface area contributed by atoms with Crippen LogP contribution in [0.1, 0.15) is 37.5 Å². The second-order valence-corrected chi connectivity index (χ2v) is 14.8. The number of imidazole rings is 1. The van der Waals surface area contributed by atoms with Gasteiger partial charge in [0.05, 0.1) is 12.9 Å². The first kappa shape index (κ1) is 28.2. The number of ether oxygens (including phenoxy) is 1. The molecule has 17 heteroatoms. The Balaban J connectivity index is 1.30. The molecule has 5 N–H and O–H groups in total. The van der Waals surface area contributed by atoms with Crippen molar-refractivity contribution < 1.29 is 43.3 Å². The molecule has 14 nitrogen and oxygen atoms in total. The highest BCUT2D eigenvalue weighted by Gasteiger charge is 2.47. The van der Waals surface area contributed by atoms with Gasteiger partial charge in [-0.05, 0) is 36.1 Å². The first-order valence-corrected chi connectivity index (χ1v) is 16.6. The Kier molecular flexibility index (Phi) is 7.11. The average Bonchev–Trinajstić information content (AvgIpc) is 3.64. The standard InChI is InChI=1S/C23H28ClN5O9P2/c24-22-26-19(28-10-23(7-3-4-8-23)13-5-1-2-6-14(13)28)16-20(27-22)29(11-25-16)21-18(31)17(30)15(38-21)9-37-40(35,36)12-39(32,33)34/h1-2,5-6,11,15,17-18,21,30-31H,3-4,7-10,12H2,(H,35,36)(H2,32,33,34). The normalized spacial score (nSPS) is 27.5. The second kappa shape index (κ2) is 10.1. The van der Waals surface area contributed by atoms with Crippen LogP contribution in [0.15, 0.2) is 30.6 Å². The number of fused-ring (bicyclic) bond motifs is 3. The molecule has 1 spiro atoms. The highest BCUT2D eigenvalue weighted by atomic mass is 35.5. The predicted octanol–water partition coefficient (Wildman–Crippen LogP) is 2.40. The summed E-state index contributed by atoms with van der Waals surface area (Å²) >= 11 is 6.38. The fraction of sp³-hybridized carbons (Fsp3) is 0.522. The second-order valence-electron chi connectivity index (χ2n) is 10.5. The van der Waals surface area contributed by atoms with Gasteiger partial charge in [0.2, 0.25) is 5.28 Å². The molecule has 1 aromatic carbocycles. The molecule has 0 radical (unpaired) electrons. The monoisotopic (exact) mass is 615 g/mol. The van der Waals surface area contributed by atoms with Gasteiger partial charge in [0.25, 0.3) is 0 Å². The molecule has 0 bridgehead atoms. The van der Waals surface area contributed by atoms with E-state index in [-0.39, 0.29) is 16.3 Å². The summed E-state index contributed by atoms with van der Waals surface area (Å²) < 4.78 is 35.1. The first-order chi connectivity index (χ1) is 18.9. The maximum Gasteiger partial charge on any atom is 0.340 e. The fourth-order valence-electron chi connectivity index (χ4n) is 6.11. The van der Waals surface area contributed by atoms with Crippen LogP contribution in [0.25, 0.3) is 11.2 Å². The lowest BCUT2D eigenvalue weighted by Gasteiger charge is -2.25. The number of aromatic nitrogens is 4. The van der Waals surface area contributed by atoms with Crippen molar-refractivity contribution in [3.05, 3.63) is 41.4 Å². The number of anilines is 2. The van der Waals surface area contributed by atoms with E-state index in [1.165, 1.54) is 16.5 Å². The number of aliphatic hydroxyl groups is 2. The van der Waals surface area contributed by atoms with Crippen molar-refractivity contribution in [2.75, 3.05) is 24.0 Å². The Morgan fingerprint density at radius 3 is 2.55 bits per heavy atom. The van der Waals surface area contributed by atoms with Gasteiger partial charge in [-0.25, -0.2) is 4.98 Å². The summed E-state index contributed by atoms with van der Waals surface area (Å²) in [5.74, 6) is -0.892. The summed E-state index contributed by atoms with van der Waals surface area (Å²) in [6.45, 7) is 0.000919. The van der Waals surface area contributed by atoms with E-state index in [0.717, 1.165) is 31.4 Å². The Morgan fingerprint density at radius 1 is 1.10 bits per heavy atom. The SMILES string of the molecule is O=P(O)(O)CP(=O)(O)OCC1OC(n2cnc3c(N4CC5(CCCC5)c5ccccc54)nc(Cl)nc32)C(O)C1O. The van der Waals surface area contributed by atoms with E-state index in [0.29, 0.717) is 17.9 Å². The average molecular weight is 616 g/mol. The van der Waals surface area contributed by atoms with Crippen molar-refractivity contribution in [1.29, 1.82) is 0 Å². The van der Waals surface area contributed by atoms with Crippen LogP contribution in [0, 0.1) is 0 Å². The van der Waals surface area contributed by atoms with Gasteiger partial charge in [0, 0.05) is 17.6 Å². The topological polar surface area (TPSA) is 201 Å². The number of aliphatic hydroxyl groups excluding tert-OH is 2. The van der Waals surface area contributed by atoms with Gasteiger partial charge >= 0.3 is 15.2 Å². The number of rotatable bonds is 7. The molecule has 0 amide bonds. The molecule has 2 fully saturated rings. The minimum Gasteiger partial charge on any atom is -0.387 e. The fourth-order valence-corrected chi connectivity index (χ4v) is 8.84. The third kappa shape index (κ3) is 5.00. The minimum absolute atomic E-state index is 0.0108. The van der Waals surface area contributed by atoms with Gasteiger partial charge in [0.15, 0.2) is 29.1 Å². The van der Waals surface area contributed by atoms with Gasteiger partial charge in [-0.2, -0.15) is 9.97 Å². The van der Waals surface area contributed by atoms with E-state index in [1.807, 2.05) is 18.2 Å². The van der Waals surface area contributed by atoms with Gasteiger partial charge < -0.3 is 39.1 Å². The van der Waals surface area contributed by atoms with Crippen LogP contribution in [0.4, 0.5) is 11.5 Å². The Hall–Kier alpha value is -1.96. The number of benzene rings is 1. The summed E-state index contributed by atoms with van der Waals surface area (Å²) in [4.78, 5) is 43.2. The Bertz CT molecular complexity index is 1540. The van der Waals surface area contributed by atoms with Gasteiger partial charge in [-0.1, -0.05) is 31.0 Å². The van der Waals surface area contributed by atoms with Crippen molar-refractivity contribution in [2.24, 2.45) is 0 Å². The molecule has 5 atom stereocenters. The predicted molar refractivity (Wildman–Crippen MR) is 143 cm³/mol. The first-order valence-electron chi connectivity index (χ1n) is 12.7. The summed E-state index contributed by atoms with van der Waals surface area (Å²) in [6, 6.07) is 8.19. The van der Waals surface area contributed by atoms with Crippen molar-refractivity contribution >= 4 is 49.5 Å². The van der Waals surface area contributed by atoms with Crippen LogP contribution in [-0.4, -0.2) is 81.8 Å². The lowest BCUT2D eigenvalue weighted by molar-refractivity contribution is -0.0483. The Morgan fingerprint density at radius 2 is 1.82 bits per heavy atom.